The number of nitrogens with zero attached hydrogens (tertiary/aromatic N) is 1. The first-order valence-corrected chi connectivity index (χ1v) is 10.1. The number of hydrogen-bond acceptors (Lipinski definition) is 6. The molecule has 0 aliphatic rings. The monoisotopic (exact) mass is 427 g/mol. The maximum absolute atomic E-state index is 14.0. The molecule has 0 amide bonds. The Morgan fingerprint density at radius 2 is 1.97 bits per heavy atom. The van der Waals surface area contributed by atoms with Crippen molar-refractivity contribution < 1.29 is 27.8 Å². The third-order valence-corrected chi connectivity index (χ3v) is 4.92. The third kappa shape index (κ3) is 5.49. The van der Waals surface area contributed by atoms with Gasteiger partial charge in [0.15, 0.2) is 6.10 Å². The van der Waals surface area contributed by atoms with E-state index in [-0.39, 0.29) is 18.3 Å². The Morgan fingerprint density at radius 3 is 2.65 bits per heavy atom. The Kier molecular flexibility index (Phi) is 7.41. The van der Waals surface area contributed by atoms with Crippen molar-refractivity contribution in [3.63, 3.8) is 0 Å². The van der Waals surface area contributed by atoms with Crippen molar-refractivity contribution in [2.24, 2.45) is 0 Å². The molecule has 0 bridgehead atoms. The normalized spacial score (nSPS) is 11.9. The standard InChI is InChI=1S/C24H26FNO5/c1-5-29-22(24(27)28-4)13-17-10-11-18(12-15(17)2)30-14-21-16(3)31-23(26-21)19-8-6-7-9-20(19)25/h6-12,22H,5,13-14H2,1-4H3. The zero-order valence-corrected chi connectivity index (χ0v) is 18.1. The third-order valence-electron chi connectivity index (χ3n) is 4.92. The van der Waals surface area contributed by atoms with E-state index in [4.69, 9.17) is 18.6 Å². The van der Waals surface area contributed by atoms with Gasteiger partial charge in [-0.15, -0.1) is 0 Å². The fourth-order valence-electron chi connectivity index (χ4n) is 3.19. The summed E-state index contributed by atoms with van der Waals surface area (Å²) in [6.07, 6.45) is -0.226. The molecular formula is C24H26FNO5. The van der Waals surface area contributed by atoms with E-state index < -0.39 is 12.1 Å². The van der Waals surface area contributed by atoms with Crippen LogP contribution in [-0.4, -0.2) is 30.8 Å². The van der Waals surface area contributed by atoms with E-state index in [1.807, 2.05) is 32.0 Å². The van der Waals surface area contributed by atoms with Gasteiger partial charge in [-0.25, -0.2) is 14.2 Å². The minimum absolute atomic E-state index is 0.187. The Hall–Kier alpha value is -3.19. The Bertz CT molecular complexity index is 1050. The molecule has 6 nitrogen and oxygen atoms in total. The van der Waals surface area contributed by atoms with Crippen molar-refractivity contribution in [3.05, 3.63) is 70.9 Å². The smallest absolute Gasteiger partial charge is 0.335 e. The van der Waals surface area contributed by atoms with Crippen LogP contribution in [0.4, 0.5) is 4.39 Å². The molecule has 1 heterocycles. The number of hydrogen-bond donors (Lipinski definition) is 0. The number of oxazole rings is 1. The van der Waals surface area contributed by atoms with Gasteiger partial charge in [-0.2, -0.15) is 0 Å². The molecule has 3 rings (SSSR count). The molecule has 31 heavy (non-hydrogen) atoms. The van der Waals surface area contributed by atoms with Crippen molar-refractivity contribution in [1.29, 1.82) is 0 Å². The van der Waals surface area contributed by atoms with Crippen LogP contribution < -0.4 is 4.74 Å². The second-order valence-electron chi connectivity index (χ2n) is 7.05. The number of halogens is 1. The van der Waals surface area contributed by atoms with Crippen molar-refractivity contribution >= 4 is 5.97 Å². The Labute approximate surface area is 181 Å². The number of ether oxygens (including phenoxy) is 3. The first kappa shape index (κ1) is 22.5. The highest BCUT2D eigenvalue weighted by molar-refractivity contribution is 5.75. The first-order valence-electron chi connectivity index (χ1n) is 10.1. The van der Waals surface area contributed by atoms with Crippen LogP contribution in [0.2, 0.25) is 0 Å². The number of methoxy groups -OCH3 is 1. The molecule has 0 radical (unpaired) electrons. The SMILES string of the molecule is CCOC(Cc1ccc(OCc2nc(-c3ccccc3F)oc2C)cc1C)C(=O)OC. The predicted molar refractivity (Wildman–Crippen MR) is 113 cm³/mol. The second kappa shape index (κ2) is 10.2. The van der Waals surface area contributed by atoms with Crippen LogP contribution in [0.3, 0.4) is 0 Å². The van der Waals surface area contributed by atoms with Crippen LogP contribution in [0.15, 0.2) is 46.9 Å². The minimum Gasteiger partial charge on any atom is -0.487 e. The highest BCUT2D eigenvalue weighted by atomic mass is 19.1. The number of carbonyl (C=O) groups excluding carboxylic acids is 1. The molecule has 3 aromatic rings. The molecule has 0 aliphatic carbocycles. The van der Waals surface area contributed by atoms with Gasteiger partial charge < -0.3 is 18.6 Å². The summed E-state index contributed by atoms with van der Waals surface area (Å²) < 4.78 is 35.8. The number of esters is 1. The zero-order chi connectivity index (χ0) is 22.4. The lowest BCUT2D eigenvalue weighted by Crippen LogP contribution is -2.28. The molecule has 0 saturated carbocycles. The van der Waals surface area contributed by atoms with E-state index in [2.05, 4.69) is 4.98 Å². The largest absolute Gasteiger partial charge is 0.487 e. The van der Waals surface area contributed by atoms with E-state index in [1.54, 1.807) is 25.1 Å². The van der Waals surface area contributed by atoms with E-state index in [0.717, 1.165) is 11.1 Å². The van der Waals surface area contributed by atoms with Crippen LogP contribution in [-0.2, 0) is 27.3 Å². The average molecular weight is 427 g/mol. The fourth-order valence-corrected chi connectivity index (χ4v) is 3.19. The summed E-state index contributed by atoms with van der Waals surface area (Å²) in [5.74, 6) is 0.672. The molecule has 7 heteroatoms. The first-order chi connectivity index (χ1) is 14.9. The summed E-state index contributed by atoms with van der Waals surface area (Å²) in [6.45, 7) is 6.16. The van der Waals surface area contributed by atoms with E-state index >= 15 is 0 Å². The lowest BCUT2D eigenvalue weighted by atomic mass is 10.0. The van der Waals surface area contributed by atoms with Gasteiger partial charge in [-0.1, -0.05) is 18.2 Å². The minimum atomic E-state index is -0.643. The second-order valence-corrected chi connectivity index (χ2v) is 7.05. The summed E-state index contributed by atoms with van der Waals surface area (Å²) >= 11 is 0. The molecule has 1 aromatic heterocycles. The molecule has 164 valence electrons. The maximum Gasteiger partial charge on any atom is 0.335 e. The summed E-state index contributed by atoms with van der Waals surface area (Å²) in [7, 11) is 1.35. The fraction of sp³-hybridized carbons (Fsp3) is 0.333. The van der Waals surface area contributed by atoms with Crippen LogP contribution in [0, 0.1) is 19.7 Å². The number of rotatable bonds is 9. The average Bonchev–Trinajstić information content (AvgIpc) is 3.13. The number of carbonyl (C=O) groups is 1. The molecule has 1 atom stereocenters. The van der Waals surface area contributed by atoms with Crippen LogP contribution >= 0.6 is 0 Å². The molecule has 0 fully saturated rings. The molecule has 0 N–H and O–H groups in total. The van der Waals surface area contributed by atoms with Crippen LogP contribution in [0.5, 0.6) is 5.75 Å². The zero-order valence-electron chi connectivity index (χ0n) is 18.1. The highest BCUT2D eigenvalue weighted by Crippen LogP contribution is 2.26. The number of benzene rings is 2. The van der Waals surface area contributed by atoms with Gasteiger partial charge in [-0.3, -0.25) is 0 Å². The molecule has 1 unspecified atom stereocenters. The lowest BCUT2D eigenvalue weighted by molar-refractivity contribution is -0.153. The number of aromatic nitrogens is 1. The van der Waals surface area contributed by atoms with Gasteiger partial charge in [-0.05, 0) is 56.2 Å². The van der Waals surface area contributed by atoms with Crippen LogP contribution in [0.25, 0.3) is 11.5 Å². The van der Waals surface area contributed by atoms with Gasteiger partial charge >= 0.3 is 5.97 Å². The van der Waals surface area contributed by atoms with Gasteiger partial charge in [0.05, 0.1) is 12.7 Å². The van der Waals surface area contributed by atoms with Crippen LogP contribution in [0.1, 0.15) is 29.5 Å². The van der Waals surface area contributed by atoms with Gasteiger partial charge in [0.25, 0.3) is 0 Å². The summed E-state index contributed by atoms with van der Waals surface area (Å²) in [6, 6.07) is 12.0. The molecule has 2 aromatic carbocycles. The highest BCUT2D eigenvalue weighted by Gasteiger charge is 2.21. The molecular weight excluding hydrogens is 401 g/mol. The molecule has 0 aliphatic heterocycles. The lowest BCUT2D eigenvalue weighted by Gasteiger charge is -2.16. The maximum atomic E-state index is 14.0. The van der Waals surface area contributed by atoms with E-state index in [0.29, 0.717) is 35.8 Å². The Balaban J connectivity index is 1.68. The summed E-state index contributed by atoms with van der Waals surface area (Å²) in [5, 5.41) is 0. The predicted octanol–water partition coefficient (Wildman–Crippen LogP) is 4.80. The quantitative estimate of drug-likeness (QED) is 0.457. The summed E-state index contributed by atoms with van der Waals surface area (Å²) in [4.78, 5) is 16.3. The van der Waals surface area contributed by atoms with E-state index in [9.17, 15) is 9.18 Å². The van der Waals surface area contributed by atoms with Gasteiger partial charge in [0, 0.05) is 13.0 Å². The van der Waals surface area contributed by atoms with Gasteiger partial charge in [0.2, 0.25) is 5.89 Å². The van der Waals surface area contributed by atoms with Gasteiger partial charge in [0.1, 0.15) is 29.6 Å². The molecule has 0 saturated heterocycles. The van der Waals surface area contributed by atoms with E-state index in [1.165, 1.54) is 13.2 Å². The molecule has 0 spiro atoms. The number of aryl methyl sites for hydroxylation is 2. The van der Waals surface area contributed by atoms with Crippen molar-refractivity contribution in [3.8, 4) is 17.2 Å². The summed E-state index contributed by atoms with van der Waals surface area (Å²) in [5.41, 5.74) is 2.85. The topological polar surface area (TPSA) is 70.8 Å². The Morgan fingerprint density at radius 1 is 1.19 bits per heavy atom. The van der Waals surface area contributed by atoms with Crippen molar-refractivity contribution in [2.45, 2.75) is 39.9 Å². The van der Waals surface area contributed by atoms with Crippen molar-refractivity contribution in [1.82, 2.24) is 4.98 Å². The van der Waals surface area contributed by atoms with Crippen molar-refractivity contribution in [2.75, 3.05) is 13.7 Å².